The fourth-order valence-electron chi connectivity index (χ4n) is 5.43. The van der Waals surface area contributed by atoms with Crippen LogP contribution < -0.4 is 0 Å². The molecule has 1 N–H and O–H groups in total. The molecule has 2 aromatic carbocycles. The van der Waals surface area contributed by atoms with E-state index in [2.05, 4.69) is 108 Å². The van der Waals surface area contributed by atoms with Crippen molar-refractivity contribution in [3.05, 3.63) is 96.3 Å². The van der Waals surface area contributed by atoms with Crippen molar-refractivity contribution in [1.29, 1.82) is 0 Å². The van der Waals surface area contributed by atoms with E-state index in [4.69, 9.17) is 0 Å². The molecule has 5 aromatic heterocycles. The maximum Gasteiger partial charge on any atom is 0.307 e. The second-order valence-electron chi connectivity index (χ2n) is 10.2. The number of hydrogen-bond acceptors (Lipinski definition) is 4. The molecule has 4 nitrogen and oxygen atoms in total. The Bertz CT molecular complexity index is 2060. The number of nitrogens with zero attached hydrogens (tertiary/aromatic N) is 2. The summed E-state index contributed by atoms with van der Waals surface area (Å²) in [6.07, 6.45) is 4.17. The number of aromatic nitrogens is 2. The molecule has 0 saturated heterocycles. The van der Waals surface area contributed by atoms with E-state index in [1.165, 1.54) is 36.7 Å². The topological polar surface area (TPSA) is 47.2 Å². The molecule has 0 aliphatic heterocycles. The van der Waals surface area contributed by atoms with E-state index in [-0.39, 0.29) is 6.42 Å². The van der Waals surface area contributed by atoms with Crippen LogP contribution in [0.1, 0.15) is 11.1 Å². The molecule has 0 bridgehead atoms. The number of thiophene rings is 3. The van der Waals surface area contributed by atoms with Crippen LogP contribution in [0.2, 0.25) is 0 Å². The molecule has 40 heavy (non-hydrogen) atoms. The van der Waals surface area contributed by atoms with Gasteiger partial charge in [0.25, 0.3) is 0 Å². The second-order valence-corrected chi connectivity index (χ2v) is 13.4. The molecule has 198 valence electrons. The van der Waals surface area contributed by atoms with Crippen molar-refractivity contribution in [3.8, 4) is 40.4 Å². The van der Waals surface area contributed by atoms with E-state index < -0.39 is 5.97 Å². The molecule has 0 aliphatic carbocycles. The van der Waals surface area contributed by atoms with Crippen molar-refractivity contribution in [2.45, 2.75) is 13.3 Å². The first kappa shape index (κ1) is 25.1. The molecule has 0 fully saturated rings. The predicted octanol–water partition coefficient (Wildman–Crippen LogP) is 9.46. The van der Waals surface area contributed by atoms with Gasteiger partial charge in [-0.3, -0.25) is 4.79 Å². The Morgan fingerprint density at radius 1 is 0.675 bits per heavy atom. The predicted molar refractivity (Wildman–Crippen MR) is 171 cm³/mol. The summed E-state index contributed by atoms with van der Waals surface area (Å²) in [5, 5.41) is 12.0. The Hall–Kier alpha value is -3.91. The molecule has 0 atom stereocenters. The third-order valence-corrected chi connectivity index (χ3v) is 11.4. The molecule has 0 amide bonds. The molecule has 5 heterocycles. The fraction of sp³-hybridized carbons (Fsp3) is 0.121. The van der Waals surface area contributed by atoms with Crippen molar-refractivity contribution < 1.29 is 9.90 Å². The molecule has 0 spiro atoms. The van der Waals surface area contributed by atoms with Crippen LogP contribution in [0.25, 0.3) is 62.2 Å². The van der Waals surface area contributed by atoms with Gasteiger partial charge in [-0.05, 0) is 89.8 Å². The Kier molecular flexibility index (Phi) is 6.04. The molecular formula is C33H26N2O2S3. The van der Waals surface area contributed by atoms with Gasteiger partial charge in [-0.1, -0.05) is 12.1 Å². The Labute approximate surface area is 244 Å². The van der Waals surface area contributed by atoms with Crippen molar-refractivity contribution in [2.75, 3.05) is 0 Å². The Morgan fingerprint density at radius 2 is 1.23 bits per heavy atom. The quantitative estimate of drug-likeness (QED) is 0.214. The van der Waals surface area contributed by atoms with E-state index in [9.17, 15) is 9.90 Å². The summed E-state index contributed by atoms with van der Waals surface area (Å²) in [7, 11) is 4.11. The number of aliphatic carboxylic acids is 1. The van der Waals surface area contributed by atoms with Gasteiger partial charge in [0.2, 0.25) is 0 Å². The lowest BCUT2D eigenvalue weighted by Crippen LogP contribution is -1.99. The molecule has 7 rings (SSSR count). The third-order valence-electron chi connectivity index (χ3n) is 7.45. The molecule has 7 heteroatoms. The molecule has 7 aromatic rings. The van der Waals surface area contributed by atoms with Gasteiger partial charge in [0.05, 0.1) is 6.42 Å². The highest BCUT2D eigenvalue weighted by molar-refractivity contribution is 7.28. The summed E-state index contributed by atoms with van der Waals surface area (Å²) in [5.41, 5.74) is 6.87. The maximum absolute atomic E-state index is 11.7. The number of benzene rings is 2. The highest BCUT2D eigenvalue weighted by Crippen LogP contribution is 2.46. The van der Waals surface area contributed by atoms with Crippen LogP contribution in [0.15, 0.2) is 85.2 Å². The molecule has 0 aliphatic rings. The van der Waals surface area contributed by atoms with E-state index in [1.54, 1.807) is 22.7 Å². The van der Waals surface area contributed by atoms with Crippen LogP contribution >= 0.6 is 34.0 Å². The number of fused-ring (bicyclic) bond motifs is 2. The standard InChI is InChI=1S/C33H26N2O2S3/c1-19-14-29(39-32(19)22-4-6-25-20(15-22)10-12-34(25)2)27-8-9-28(38-27)30-17-24(18-31(36)37)33(40-30)23-5-7-26-21(16-23)11-13-35(26)3/h4-17H,18H2,1-3H3,(H,36,37). The van der Waals surface area contributed by atoms with Gasteiger partial charge in [-0.15, -0.1) is 34.0 Å². The van der Waals surface area contributed by atoms with Crippen LogP contribution in [-0.4, -0.2) is 20.2 Å². The zero-order valence-corrected chi connectivity index (χ0v) is 24.7. The second kappa shape index (κ2) is 9.63. The van der Waals surface area contributed by atoms with Crippen molar-refractivity contribution in [3.63, 3.8) is 0 Å². The smallest absolute Gasteiger partial charge is 0.307 e. The van der Waals surface area contributed by atoms with Gasteiger partial charge in [-0.2, -0.15) is 0 Å². The molecule has 0 saturated carbocycles. The van der Waals surface area contributed by atoms with Gasteiger partial charge < -0.3 is 14.2 Å². The minimum absolute atomic E-state index is 0.0100. The van der Waals surface area contributed by atoms with Crippen molar-refractivity contribution in [2.24, 2.45) is 14.1 Å². The zero-order valence-electron chi connectivity index (χ0n) is 22.3. The molecule has 0 radical (unpaired) electrons. The first-order valence-electron chi connectivity index (χ1n) is 13.0. The van der Waals surface area contributed by atoms with E-state index in [1.807, 2.05) is 18.4 Å². The van der Waals surface area contributed by atoms with E-state index >= 15 is 0 Å². The average Bonchev–Trinajstić information content (AvgIpc) is 3.75. The van der Waals surface area contributed by atoms with Crippen molar-refractivity contribution >= 4 is 61.8 Å². The largest absolute Gasteiger partial charge is 0.481 e. The lowest BCUT2D eigenvalue weighted by atomic mass is 10.1. The Morgan fingerprint density at radius 3 is 1.82 bits per heavy atom. The molecule has 0 unspecified atom stereocenters. The number of aryl methyl sites for hydroxylation is 3. The first-order chi connectivity index (χ1) is 19.3. The first-order valence-corrected chi connectivity index (χ1v) is 15.5. The summed E-state index contributed by atoms with van der Waals surface area (Å²) in [6.45, 7) is 2.19. The highest BCUT2D eigenvalue weighted by atomic mass is 32.1. The summed E-state index contributed by atoms with van der Waals surface area (Å²) < 4.78 is 4.25. The van der Waals surface area contributed by atoms with E-state index in [0.29, 0.717) is 0 Å². The Balaban J connectivity index is 1.24. The normalized spacial score (nSPS) is 11.7. The lowest BCUT2D eigenvalue weighted by molar-refractivity contribution is -0.136. The number of carboxylic acid groups (broad SMARTS) is 1. The fourth-order valence-corrected chi connectivity index (χ4v) is 8.94. The summed E-state index contributed by atoms with van der Waals surface area (Å²) in [5.74, 6) is -0.812. The van der Waals surface area contributed by atoms with Gasteiger partial charge in [0, 0.05) is 77.6 Å². The van der Waals surface area contributed by atoms with Gasteiger partial charge in [0.15, 0.2) is 0 Å². The summed E-state index contributed by atoms with van der Waals surface area (Å²) in [6, 6.07) is 26.1. The van der Waals surface area contributed by atoms with Gasteiger partial charge >= 0.3 is 5.97 Å². The van der Waals surface area contributed by atoms with Crippen molar-refractivity contribution in [1.82, 2.24) is 9.13 Å². The minimum Gasteiger partial charge on any atom is -0.481 e. The SMILES string of the molecule is Cc1cc(-c2ccc(-c3cc(CC(=O)O)c(-c4ccc5c(ccn5C)c4)s3)s2)sc1-c1ccc2c(ccn2C)c1. The number of rotatable bonds is 6. The number of hydrogen-bond donors (Lipinski definition) is 1. The molecular weight excluding hydrogens is 553 g/mol. The minimum atomic E-state index is -0.812. The maximum atomic E-state index is 11.7. The van der Waals surface area contributed by atoms with Crippen LogP contribution in [0, 0.1) is 6.92 Å². The lowest BCUT2D eigenvalue weighted by Gasteiger charge is -2.03. The number of carboxylic acids is 1. The monoisotopic (exact) mass is 578 g/mol. The zero-order chi connectivity index (χ0) is 27.5. The number of carbonyl (C=O) groups is 1. The van der Waals surface area contributed by atoms with Crippen LogP contribution in [0.4, 0.5) is 0 Å². The highest BCUT2D eigenvalue weighted by Gasteiger charge is 2.18. The van der Waals surface area contributed by atoms with Crippen LogP contribution in [-0.2, 0) is 25.3 Å². The van der Waals surface area contributed by atoms with Crippen LogP contribution in [0.5, 0.6) is 0 Å². The van der Waals surface area contributed by atoms with Gasteiger partial charge in [-0.25, -0.2) is 0 Å². The van der Waals surface area contributed by atoms with Crippen LogP contribution in [0.3, 0.4) is 0 Å². The summed E-state index contributed by atoms with van der Waals surface area (Å²) in [4.78, 5) is 18.8. The average molecular weight is 579 g/mol. The van der Waals surface area contributed by atoms with Gasteiger partial charge in [0.1, 0.15) is 0 Å². The third kappa shape index (κ3) is 4.31. The summed E-state index contributed by atoms with van der Waals surface area (Å²) >= 11 is 5.29. The van der Waals surface area contributed by atoms with E-state index in [0.717, 1.165) is 36.7 Å².